The van der Waals surface area contributed by atoms with Crippen molar-refractivity contribution in [1.82, 2.24) is 4.31 Å². The van der Waals surface area contributed by atoms with Gasteiger partial charge in [-0.05, 0) is 31.2 Å². The van der Waals surface area contributed by atoms with Gasteiger partial charge in [0.15, 0.2) is 0 Å². The SMILES string of the molecule is CC(=O)CC1CCCN1S(=O)(=O)CC(C)c1ccccc1. The van der Waals surface area contributed by atoms with Gasteiger partial charge in [-0.3, -0.25) is 4.79 Å². The summed E-state index contributed by atoms with van der Waals surface area (Å²) >= 11 is 0. The Morgan fingerprint density at radius 3 is 2.62 bits per heavy atom. The number of hydrogen-bond acceptors (Lipinski definition) is 3. The number of carbonyl (C=O) groups excluding carboxylic acids is 1. The molecule has 0 spiro atoms. The second kappa shape index (κ2) is 6.71. The first kappa shape index (κ1) is 16.2. The number of ketones is 1. The summed E-state index contributed by atoms with van der Waals surface area (Å²) in [6.07, 6.45) is 1.97. The predicted octanol–water partition coefficient (Wildman–Crippen LogP) is 2.56. The number of Topliss-reactive ketones (excluding diaryl/α,β-unsaturated/α-hetero) is 1. The lowest BCUT2D eigenvalue weighted by atomic mass is 10.0. The van der Waals surface area contributed by atoms with Crippen LogP contribution >= 0.6 is 0 Å². The molecule has 0 bridgehead atoms. The minimum Gasteiger partial charge on any atom is -0.300 e. The van der Waals surface area contributed by atoms with Gasteiger partial charge in [0.2, 0.25) is 10.0 Å². The minimum absolute atomic E-state index is 0.0465. The summed E-state index contributed by atoms with van der Waals surface area (Å²) in [6, 6.07) is 9.54. The summed E-state index contributed by atoms with van der Waals surface area (Å²) in [6.45, 7) is 4.00. The van der Waals surface area contributed by atoms with Crippen LogP contribution in [0, 0.1) is 0 Å². The van der Waals surface area contributed by atoms with Gasteiger partial charge in [0.1, 0.15) is 5.78 Å². The fourth-order valence-corrected chi connectivity index (χ4v) is 5.06. The van der Waals surface area contributed by atoms with E-state index in [1.807, 2.05) is 37.3 Å². The van der Waals surface area contributed by atoms with E-state index >= 15 is 0 Å². The quantitative estimate of drug-likeness (QED) is 0.811. The van der Waals surface area contributed by atoms with Crippen molar-refractivity contribution in [3.63, 3.8) is 0 Å². The van der Waals surface area contributed by atoms with Crippen LogP contribution < -0.4 is 0 Å². The number of benzene rings is 1. The van der Waals surface area contributed by atoms with Crippen LogP contribution in [0.5, 0.6) is 0 Å². The van der Waals surface area contributed by atoms with Crippen LogP contribution in [0.25, 0.3) is 0 Å². The van der Waals surface area contributed by atoms with Crippen molar-refractivity contribution in [2.45, 2.75) is 45.1 Å². The largest absolute Gasteiger partial charge is 0.300 e. The molecule has 4 nitrogen and oxygen atoms in total. The van der Waals surface area contributed by atoms with Crippen molar-refractivity contribution in [3.8, 4) is 0 Å². The maximum absolute atomic E-state index is 12.6. The van der Waals surface area contributed by atoms with Gasteiger partial charge in [0, 0.05) is 19.0 Å². The van der Waals surface area contributed by atoms with Gasteiger partial charge in [-0.2, -0.15) is 4.31 Å². The number of carbonyl (C=O) groups is 1. The van der Waals surface area contributed by atoms with Crippen LogP contribution in [0.1, 0.15) is 44.6 Å². The Labute approximate surface area is 127 Å². The predicted molar refractivity (Wildman–Crippen MR) is 83.7 cm³/mol. The van der Waals surface area contributed by atoms with Crippen LogP contribution in [0.4, 0.5) is 0 Å². The highest BCUT2D eigenvalue weighted by Crippen LogP contribution is 2.27. The first-order valence-electron chi connectivity index (χ1n) is 7.44. The average molecular weight is 309 g/mol. The van der Waals surface area contributed by atoms with E-state index in [0.717, 1.165) is 18.4 Å². The van der Waals surface area contributed by atoms with Crippen molar-refractivity contribution in [3.05, 3.63) is 35.9 Å². The molecule has 0 aliphatic carbocycles. The van der Waals surface area contributed by atoms with E-state index in [2.05, 4.69) is 0 Å². The van der Waals surface area contributed by atoms with Gasteiger partial charge in [0.05, 0.1) is 5.75 Å². The summed E-state index contributed by atoms with van der Waals surface area (Å²) in [7, 11) is -3.32. The van der Waals surface area contributed by atoms with Gasteiger partial charge >= 0.3 is 0 Å². The van der Waals surface area contributed by atoms with Gasteiger partial charge in [0.25, 0.3) is 0 Å². The van der Waals surface area contributed by atoms with Crippen LogP contribution in [0.3, 0.4) is 0 Å². The van der Waals surface area contributed by atoms with E-state index in [9.17, 15) is 13.2 Å². The van der Waals surface area contributed by atoms with Crippen molar-refractivity contribution < 1.29 is 13.2 Å². The van der Waals surface area contributed by atoms with Crippen LogP contribution in [-0.2, 0) is 14.8 Å². The first-order valence-corrected chi connectivity index (χ1v) is 9.05. The fourth-order valence-electron chi connectivity index (χ4n) is 3.00. The summed E-state index contributed by atoms with van der Waals surface area (Å²) < 4.78 is 26.8. The molecular formula is C16H23NO3S. The standard InChI is InChI=1S/C16H23NO3S/c1-13(15-7-4-3-5-8-15)12-21(19,20)17-10-6-9-16(17)11-14(2)18/h3-5,7-8,13,16H,6,9-12H2,1-2H3. The summed E-state index contributed by atoms with van der Waals surface area (Å²) in [5.41, 5.74) is 1.03. The third-order valence-corrected chi connectivity index (χ3v) is 6.15. The molecule has 1 heterocycles. The average Bonchev–Trinajstić information content (AvgIpc) is 2.87. The molecule has 1 aliphatic rings. The normalized spacial score (nSPS) is 21.3. The van der Waals surface area contributed by atoms with E-state index in [0.29, 0.717) is 13.0 Å². The Balaban J connectivity index is 2.09. The molecule has 2 unspecified atom stereocenters. The molecule has 21 heavy (non-hydrogen) atoms. The van der Waals surface area contributed by atoms with E-state index in [-0.39, 0.29) is 23.5 Å². The maximum Gasteiger partial charge on any atom is 0.214 e. The lowest BCUT2D eigenvalue weighted by Gasteiger charge is -2.25. The smallest absolute Gasteiger partial charge is 0.214 e. The molecule has 0 N–H and O–H groups in total. The Morgan fingerprint density at radius 1 is 1.33 bits per heavy atom. The van der Waals surface area contributed by atoms with E-state index < -0.39 is 10.0 Å². The Hall–Kier alpha value is -1.20. The maximum atomic E-state index is 12.6. The van der Waals surface area contributed by atoms with E-state index in [1.165, 1.54) is 6.92 Å². The van der Waals surface area contributed by atoms with Gasteiger partial charge < -0.3 is 0 Å². The first-order chi connectivity index (χ1) is 9.90. The van der Waals surface area contributed by atoms with Crippen molar-refractivity contribution in [2.75, 3.05) is 12.3 Å². The molecule has 1 saturated heterocycles. The Morgan fingerprint density at radius 2 is 2.00 bits per heavy atom. The monoisotopic (exact) mass is 309 g/mol. The Bertz CT molecular complexity index is 583. The van der Waals surface area contributed by atoms with Gasteiger partial charge in [-0.25, -0.2) is 8.42 Å². The van der Waals surface area contributed by atoms with Gasteiger partial charge in [-0.15, -0.1) is 0 Å². The Kier molecular flexibility index (Phi) is 5.17. The minimum atomic E-state index is -3.32. The lowest BCUT2D eigenvalue weighted by Crippen LogP contribution is -2.39. The van der Waals surface area contributed by atoms with Crippen LogP contribution in [-0.4, -0.2) is 36.8 Å². The molecule has 0 saturated carbocycles. The molecule has 1 aliphatic heterocycles. The molecule has 0 amide bonds. The highest BCUT2D eigenvalue weighted by Gasteiger charge is 2.35. The van der Waals surface area contributed by atoms with Gasteiger partial charge in [-0.1, -0.05) is 37.3 Å². The second-order valence-electron chi connectivity index (χ2n) is 5.90. The highest BCUT2D eigenvalue weighted by molar-refractivity contribution is 7.89. The molecular weight excluding hydrogens is 286 g/mol. The van der Waals surface area contributed by atoms with E-state index in [4.69, 9.17) is 0 Å². The second-order valence-corrected chi connectivity index (χ2v) is 7.87. The third kappa shape index (κ3) is 4.14. The molecule has 1 aromatic carbocycles. The summed E-state index contributed by atoms with van der Waals surface area (Å²) in [4.78, 5) is 11.3. The number of sulfonamides is 1. The highest BCUT2D eigenvalue weighted by atomic mass is 32.2. The molecule has 0 radical (unpaired) electrons. The molecule has 0 aromatic heterocycles. The number of nitrogens with zero attached hydrogens (tertiary/aromatic N) is 1. The zero-order valence-electron chi connectivity index (χ0n) is 12.7. The summed E-state index contributed by atoms with van der Waals surface area (Å²) in [5, 5.41) is 0. The molecule has 2 rings (SSSR count). The molecule has 116 valence electrons. The zero-order chi connectivity index (χ0) is 15.5. The van der Waals surface area contributed by atoms with E-state index in [1.54, 1.807) is 4.31 Å². The topological polar surface area (TPSA) is 54.5 Å². The summed E-state index contributed by atoms with van der Waals surface area (Å²) in [5.74, 6) is 0.110. The van der Waals surface area contributed by atoms with Crippen molar-refractivity contribution >= 4 is 15.8 Å². The zero-order valence-corrected chi connectivity index (χ0v) is 13.5. The van der Waals surface area contributed by atoms with Crippen LogP contribution in [0.15, 0.2) is 30.3 Å². The third-order valence-electron chi connectivity index (χ3n) is 4.03. The molecule has 5 heteroatoms. The molecule has 1 fully saturated rings. The van der Waals surface area contributed by atoms with Crippen molar-refractivity contribution in [2.24, 2.45) is 0 Å². The fraction of sp³-hybridized carbons (Fsp3) is 0.562. The number of rotatable bonds is 6. The number of hydrogen-bond donors (Lipinski definition) is 0. The molecule has 1 aromatic rings. The molecule has 2 atom stereocenters. The lowest BCUT2D eigenvalue weighted by molar-refractivity contribution is -0.117. The van der Waals surface area contributed by atoms with Crippen LogP contribution in [0.2, 0.25) is 0 Å². The van der Waals surface area contributed by atoms with Crippen molar-refractivity contribution in [1.29, 1.82) is 0 Å².